The molecule has 13 heavy (non-hydrogen) atoms. The topological polar surface area (TPSA) is 59.1 Å². The fourth-order valence-electron chi connectivity index (χ4n) is 0.940. The molecule has 0 spiro atoms. The van der Waals surface area contributed by atoms with Gasteiger partial charge in [0.25, 0.3) is 0 Å². The number of halogens is 2. The van der Waals surface area contributed by atoms with Gasteiger partial charge < -0.3 is 10.8 Å². The molecule has 1 atom stereocenters. The first kappa shape index (κ1) is 10.7. The van der Waals surface area contributed by atoms with Gasteiger partial charge in [-0.3, -0.25) is 0 Å². The van der Waals surface area contributed by atoms with Crippen molar-refractivity contribution < 1.29 is 5.11 Å². The molecule has 3 nitrogen and oxygen atoms in total. The summed E-state index contributed by atoms with van der Waals surface area (Å²) in [7, 11) is 0. The van der Waals surface area contributed by atoms with Gasteiger partial charge in [-0.25, -0.2) is 4.98 Å². The summed E-state index contributed by atoms with van der Waals surface area (Å²) in [6, 6.07) is 3.10. The lowest BCUT2D eigenvalue weighted by Crippen LogP contribution is -2.27. The minimum atomic E-state index is -0.305. The Bertz CT molecular complexity index is 293. The predicted molar refractivity (Wildman–Crippen MR) is 53.0 cm³/mol. The Morgan fingerprint density at radius 1 is 1.46 bits per heavy atom. The van der Waals surface area contributed by atoms with Crippen LogP contribution in [0.4, 0.5) is 0 Å². The second kappa shape index (κ2) is 4.77. The number of aliphatic hydroxyl groups excluding tert-OH is 1. The molecule has 1 rings (SSSR count). The van der Waals surface area contributed by atoms with E-state index >= 15 is 0 Å². The van der Waals surface area contributed by atoms with E-state index in [2.05, 4.69) is 4.98 Å². The smallest absolute Gasteiger partial charge is 0.134 e. The molecule has 0 aliphatic heterocycles. The summed E-state index contributed by atoms with van der Waals surface area (Å²) in [5.74, 6) is 0. The number of aromatic nitrogens is 1. The van der Waals surface area contributed by atoms with Crippen LogP contribution >= 0.6 is 23.2 Å². The molecule has 0 radical (unpaired) electrons. The van der Waals surface area contributed by atoms with Crippen molar-refractivity contribution in [2.75, 3.05) is 6.61 Å². The van der Waals surface area contributed by atoms with Crippen molar-refractivity contribution in [3.8, 4) is 0 Å². The Labute approximate surface area is 86.5 Å². The lowest BCUT2D eigenvalue weighted by atomic mass is 10.1. The number of hydrogen-bond acceptors (Lipinski definition) is 3. The number of pyridine rings is 1. The van der Waals surface area contributed by atoms with Gasteiger partial charge in [-0.2, -0.15) is 0 Å². The first-order valence-corrected chi connectivity index (χ1v) is 4.56. The minimum absolute atomic E-state index is 0.0705. The zero-order chi connectivity index (χ0) is 9.84. The highest BCUT2D eigenvalue weighted by Crippen LogP contribution is 2.17. The van der Waals surface area contributed by atoms with Crippen LogP contribution < -0.4 is 5.73 Å². The van der Waals surface area contributed by atoms with E-state index in [9.17, 15) is 0 Å². The van der Waals surface area contributed by atoms with Gasteiger partial charge in [0.1, 0.15) is 10.3 Å². The maximum atomic E-state index is 8.73. The fraction of sp³-hybridized carbons (Fsp3) is 0.375. The van der Waals surface area contributed by atoms with Crippen LogP contribution in [0.25, 0.3) is 0 Å². The molecule has 1 heterocycles. The molecule has 1 aromatic heterocycles. The molecule has 0 aliphatic carbocycles. The third-order valence-electron chi connectivity index (χ3n) is 1.61. The summed E-state index contributed by atoms with van der Waals surface area (Å²) in [4.78, 5) is 3.85. The maximum absolute atomic E-state index is 8.73. The molecule has 0 amide bonds. The first-order chi connectivity index (χ1) is 6.13. The average Bonchev–Trinajstić information content (AvgIpc) is 2.09. The van der Waals surface area contributed by atoms with Crippen molar-refractivity contribution in [3.05, 3.63) is 28.0 Å². The van der Waals surface area contributed by atoms with Crippen LogP contribution in [0, 0.1) is 0 Å². The van der Waals surface area contributed by atoms with E-state index < -0.39 is 0 Å². The summed E-state index contributed by atoms with van der Waals surface area (Å²) in [6.45, 7) is -0.0705. The zero-order valence-corrected chi connectivity index (χ0v) is 8.39. The zero-order valence-electron chi connectivity index (χ0n) is 6.87. The highest BCUT2D eigenvalue weighted by atomic mass is 35.5. The molecule has 3 N–H and O–H groups in total. The van der Waals surface area contributed by atoms with Gasteiger partial charge >= 0.3 is 0 Å². The number of rotatable bonds is 3. The highest BCUT2D eigenvalue weighted by molar-refractivity contribution is 6.32. The van der Waals surface area contributed by atoms with E-state index in [0.717, 1.165) is 5.56 Å². The van der Waals surface area contributed by atoms with E-state index in [-0.39, 0.29) is 12.6 Å². The molecule has 0 aliphatic rings. The Balaban J connectivity index is 2.77. The van der Waals surface area contributed by atoms with Gasteiger partial charge in [-0.15, -0.1) is 0 Å². The van der Waals surface area contributed by atoms with Gasteiger partial charge in [0.2, 0.25) is 0 Å². The Hall–Kier alpha value is -0.350. The van der Waals surface area contributed by atoms with Crippen molar-refractivity contribution in [1.82, 2.24) is 4.98 Å². The maximum Gasteiger partial charge on any atom is 0.134 e. The molecule has 0 fully saturated rings. The molecule has 0 bridgehead atoms. The van der Waals surface area contributed by atoms with Crippen molar-refractivity contribution >= 4 is 23.2 Å². The van der Waals surface area contributed by atoms with Gasteiger partial charge in [0, 0.05) is 6.04 Å². The number of aliphatic hydroxyl groups is 1. The van der Waals surface area contributed by atoms with Crippen LogP contribution in [-0.4, -0.2) is 22.7 Å². The SMILES string of the molecule is N[C@@H](CO)Cc1ccc(Cl)nc1Cl. The summed E-state index contributed by atoms with van der Waals surface area (Å²) in [5.41, 5.74) is 6.34. The highest BCUT2D eigenvalue weighted by Gasteiger charge is 2.07. The van der Waals surface area contributed by atoms with E-state index in [0.29, 0.717) is 16.7 Å². The van der Waals surface area contributed by atoms with Crippen LogP contribution in [0.2, 0.25) is 10.3 Å². The van der Waals surface area contributed by atoms with E-state index in [1.807, 2.05) is 0 Å². The van der Waals surface area contributed by atoms with Gasteiger partial charge in [-0.1, -0.05) is 29.3 Å². The second-order valence-corrected chi connectivity index (χ2v) is 3.48. The molecule has 72 valence electrons. The summed E-state index contributed by atoms with van der Waals surface area (Å²) >= 11 is 11.4. The van der Waals surface area contributed by atoms with Crippen LogP contribution in [0.3, 0.4) is 0 Å². The monoisotopic (exact) mass is 220 g/mol. The lowest BCUT2D eigenvalue weighted by Gasteiger charge is -2.08. The summed E-state index contributed by atoms with van der Waals surface area (Å²) in [5, 5.41) is 9.42. The number of nitrogens with two attached hydrogens (primary N) is 1. The molecule has 5 heteroatoms. The molecular formula is C8H10Cl2N2O. The van der Waals surface area contributed by atoms with E-state index in [1.54, 1.807) is 12.1 Å². The molecule has 1 aromatic rings. The third-order valence-corrected chi connectivity index (χ3v) is 2.15. The quantitative estimate of drug-likeness (QED) is 0.755. The average molecular weight is 221 g/mol. The van der Waals surface area contributed by atoms with Crippen LogP contribution in [0.1, 0.15) is 5.56 Å². The minimum Gasteiger partial charge on any atom is -0.395 e. The Kier molecular flexibility index (Phi) is 3.93. The summed E-state index contributed by atoms with van der Waals surface area (Å²) < 4.78 is 0. The first-order valence-electron chi connectivity index (χ1n) is 3.81. The van der Waals surface area contributed by atoms with Crippen molar-refractivity contribution in [2.45, 2.75) is 12.5 Å². The summed E-state index contributed by atoms with van der Waals surface area (Å²) in [6.07, 6.45) is 0.500. The molecule has 0 saturated carbocycles. The van der Waals surface area contributed by atoms with Crippen molar-refractivity contribution in [1.29, 1.82) is 0 Å². The third kappa shape index (κ3) is 3.12. The second-order valence-electron chi connectivity index (χ2n) is 2.73. The Morgan fingerprint density at radius 2 is 2.15 bits per heavy atom. The van der Waals surface area contributed by atoms with E-state index in [1.165, 1.54) is 0 Å². The number of hydrogen-bond donors (Lipinski definition) is 2. The van der Waals surface area contributed by atoms with Gasteiger partial charge in [0.05, 0.1) is 6.61 Å². The largest absolute Gasteiger partial charge is 0.395 e. The standard InChI is InChI=1S/C8H10Cl2N2O/c9-7-2-1-5(8(10)12-7)3-6(11)4-13/h1-2,6,13H,3-4,11H2/t6-/m1/s1. The van der Waals surface area contributed by atoms with Crippen LogP contribution in [0.15, 0.2) is 12.1 Å². The van der Waals surface area contributed by atoms with Crippen LogP contribution in [-0.2, 0) is 6.42 Å². The molecule has 0 unspecified atom stereocenters. The molecule has 0 saturated heterocycles. The fourth-order valence-corrected chi connectivity index (χ4v) is 1.36. The Morgan fingerprint density at radius 3 is 2.69 bits per heavy atom. The lowest BCUT2D eigenvalue weighted by molar-refractivity contribution is 0.265. The van der Waals surface area contributed by atoms with Gasteiger partial charge in [-0.05, 0) is 18.1 Å². The number of nitrogens with zero attached hydrogens (tertiary/aromatic N) is 1. The van der Waals surface area contributed by atoms with Crippen LogP contribution in [0.5, 0.6) is 0 Å². The van der Waals surface area contributed by atoms with Crippen molar-refractivity contribution in [2.24, 2.45) is 5.73 Å². The van der Waals surface area contributed by atoms with Gasteiger partial charge in [0.15, 0.2) is 0 Å². The van der Waals surface area contributed by atoms with Crippen molar-refractivity contribution in [3.63, 3.8) is 0 Å². The predicted octanol–water partition coefficient (Wildman–Crippen LogP) is 1.25. The molecular weight excluding hydrogens is 211 g/mol. The normalized spacial score (nSPS) is 12.9. The molecule has 0 aromatic carbocycles. The van der Waals surface area contributed by atoms with E-state index in [4.69, 9.17) is 34.0 Å².